The lowest BCUT2D eigenvalue weighted by atomic mass is 10.1. The molecule has 160 valence electrons. The normalized spacial score (nSPS) is 10.8. The standard InChI is InChI=1S/C24H24N2O5/c1-3-4-15-30-24(28)19-7-5-17(6-8-19)22-14-13-21(31-22)16-25-26-23(27)18-9-11-20(29-2)12-10-18/h5-14,16H,3-4,15H2,1-2H3,(H,26,27)/b25-16-. The Bertz CT molecular complexity index is 1040. The molecule has 0 unspecified atom stereocenters. The molecule has 7 nitrogen and oxygen atoms in total. The highest BCUT2D eigenvalue weighted by molar-refractivity contribution is 5.94. The fourth-order valence-corrected chi connectivity index (χ4v) is 2.70. The number of unbranched alkanes of at least 4 members (excludes halogenated alkanes) is 1. The smallest absolute Gasteiger partial charge is 0.338 e. The van der Waals surface area contributed by atoms with Crippen molar-refractivity contribution in [1.29, 1.82) is 0 Å². The number of carbonyl (C=O) groups excluding carboxylic acids is 2. The Kier molecular flexibility index (Phi) is 7.59. The summed E-state index contributed by atoms with van der Waals surface area (Å²) in [5.41, 5.74) is 4.22. The summed E-state index contributed by atoms with van der Waals surface area (Å²) in [4.78, 5) is 24.1. The van der Waals surface area contributed by atoms with Crippen LogP contribution in [0.1, 0.15) is 46.2 Å². The first-order valence-electron chi connectivity index (χ1n) is 9.95. The molecule has 0 saturated carbocycles. The fourth-order valence-electron chi connectivity index (χ4n) is 2.70. The molecule has 3 aromatic rings. The molecular weight excluding hydrogens is 396 g/mol. The number of esters is 1. The molecule has 2 aromatic carbocycles. The Hall–Kier alpha value is -3.87. The van der Waals surface area contributed by atoms with E-state index in [0.29, 0.717) is 35.0 Å². The van der Waals surface area contributed by atoms with Crippen LogP contribution in [0.2, 0.25) is 0 Å². The van der Waals surface area contributed by atoms with Crippen molar-refractivity contribution >= 4 is 18.1 Å². The van der Waals surface area contributed by atoms with Crippen molar-refractivity contribution < 1.29 is 23.5 Å². The number of furan rings is 1. The molecule has 1 heterocycles. The highest BCUT2D eigenvalue weighted by Crippen LogP contribution is 2.22. The molecular formula is C24H24N2O5. The number of amides is 1. The van der Waals surface area contributed by atoms with Crippen LogP contribution >= 0.6 is 0 Å². The van der Waals surface area contributed by atoms with Gasteiger partial charge in [0, 0.05) is 11.1 Å². The lowest BCUT2D eigenvalue weighted by Crippen LogP contribution is -2.17. The van der Waals surface area contributed by atoms with Gasteiger partial charge in [0.25, 0.3) is 5.91 Å². The van der Waals surface area contributed by atoms with E-state index in [1.165, 1.54) is 6.21 Å². The number of methoxy groups -OCH3 is 1. The highest BCUT2D eigenvalue weighted by Gasteiger charge is 2.09. The maximum atomic E-state index is 12.1. The Balaban J connectivity index is 1.56. The molecule has 0 aliphatic heterocycles. The molecule has 7 heteroatoms. The van der Waals surface area contributed by atoms with Crippen molar-refractivity contribution in [2.24, 2.45) is 5.10 Å². The van der Waals surface area contributed by atoms with Gasteiger partial charge >= 0.3 is 5.97 Å². The minimum Gasteiger partial charge on any atom is -0.497 e. The molecule has 0 spiro atoms. The van der Waals surface area contributed by atoms with E-state index < -0.39 is 0 Å². The van der Waals surface area contributed by atoms with Gasteiger partial charge in [-0.15, -0.1) is 0 Å². The summed E-state index contributed by atoms with van der Waals surface area (Å²) >= 11 is 0. The Morgan fingerprint density at radius 1 is 1.00 bits per heavy atom. The van der Waals surface area contributed by atoms with E-state index in [-0.39, 0.29) is 11.9 Å². The Morgan fingerprint density at radius 2 is 1.71 bits per heavy atom. The van der Waals surface area contributed by atoms with Crippen molar-refractivity contribution in [1.82, 2.24) is 5.43 Å². The summed E-state index contributed by atoms with van der Waals surface area (Å²) in [6.45, 7) is 2.47. The van der Waals surface area contributed by atoms with Gasteiger partial charge in [-0.3, -0.25) is 4.79 Å². The average molecular weight is 420 g/mol. The van der Waals surface area contributed by atoms with E-state index in [1.807, 2.05) is 6.92 Å². The van der Waals surface area contributed by atoms with Crippen LogP contribution in [0.15, 0.2) is 70.2 Å². The summed E-state index contributed by atoms with van der Waals surface area (Å²) in [5.74, 6) is 1.10. The van der Waals surface area contributed by atoms with E-state index in [1.54, 1.807) is 67.8 Å². The molecule has 0 radical (unpaired) electrons. The lowest BCUT2D eigenvalue weighted by Gasteiger charge is -2.04. The van der Waals surface area contributed by atoms with Crippen molar-refractivity contribution in [2.45, 2.75) is 19.8 Å². The van der Waals surface area contributed by atoms with E-state index in [0.717, 1.165) is 18.4 Å². The summed E-state index contributed by atoms with van der Waals surface area (Å²) < 4.78 is 16.0. The zero-order valence-corrected chi connectivity index (χ0v) is 17.5. The third-order valence-corrected chi connectivity index (χ3v) is 4.47. The van der Waals surface area contributed by atoms with Crippen LogP contribution in [0.25, 0.3) is 11.3 Å². The average Bonchev–Trinajstić information content (AvgIpc) is 3.28. The lowest BCUT2D eigenvalue weighted by molar-refractivity contribution is 0.0499. The number of nitrogens with zero attached hydrogens (tertiary/aromatic N) is 1. The molecule has 0 aliphatic rings. The van der Waals surface area contributed by atoms with E-state index in [2.05, 4.69) is 10.5 Å². The number of hydrogen-bond acceptors (Lipinski definition) is 6. The second-order valence-electron chi connectivity index (χ2n) is 6.70. The minimum absolute atomic E-state index is 0.333. The van der Waals surface area contributed by atoms with Gasteiger partial charge in [0.15, 0.2) is 0 Å². The van der Waals surface area contributed by atoms with Crippen LogP contribution in [0, 0.1) is 0 Å². The third kappa shape index (κ3) is 6.05. The topological polar surface area (TPSA) is 90.1 Å². The van der Waals surface area contributed by atoms with Crippen LogP contribution < -0.4 is 10.2 Å². The van der Waals surface area contributed by atoms with Crippen LogP contribution in [-0.4, -0.2) is 31.8 Å². The zero-order chi connectivity index (χ0) is 22.1. The molecule has 31 heavy (non-hydrogen) atoms. The van der Waals surface area contributed by atoms with E-state index >= 15 is 0 Å². The van der Waals surface area contributed by atoms with Crippen LogP contribution in [0.4, 0.5) is 0 Å². The van der Waals surface area contributed by atoms with Gasteiger partial charge in [0.2, 0.25) is 0 Å². The molecule has 0 bridgehead atoms. The van der Waals surface area contributed by atoms with Crippen LogP contribution in [0.3, 0.4) is 0 Å². The number of carbonyl (C=O) groups is 2. The quantitative estimate of drug-likeness (QED) is 0.235. The number of hydrogen-bond donors (Lipinski definition) is 1. The van der Waals surface area contributed by atoms with Crippen molar-refractivity contribution in [2.75, 3.05) is 13.7 Å². The first kappa shape index (κ1) is 21.8. The minimum atomic E-state index is -0.341. The number of benzene rings is 2. The summed E-state index contributed by atoms with van der Waals surface area (Å²) in [6, 6.07) is 17.2. The molecule has 0 saturated heterocycles. The maximum absolute atomic E-state index is 12.1. The second kappa shape index (κ2) is 10.8. The predicted molar refractivity (Wildman–Crippen MR) is 117 cm³/mol. The monoisotopic (exact) mass is 420 g/mol. The first-order valence-corrected chi connectivity index (χ1v) is 9.95. The summed E-state index contributed by atoms with van der Waals surface area (Å²) in [6.07, 6.45) is 3.24. The van der Waals surface area contributed by atoms with Gasteiger partial charge < -0.3 is 13.9 Å². The summed E-state index contributed by atoms with van der Waals surface area (Å²) in [5, 5.41) is 3.93. The molecule has 0 aliphatic carbocycles. The second-order valence-corrected chi connectivity index (χ2v) is 6.70. The van der Waals surface area contributed by atoms with Gasteiger partial charge in [-0.1, -0.05) is 25.5 Å². The molecule has 1 aromatic heterocycles. The molecule has 0 atom stereocenters. The summed E-state index contributed by atoms with van der Waals surface area (Å²) in [7, 11) is 1.56. The van der Waals surface area contributed by atoms with Gasteiger partial charge in [-0.05, 0) is 55.0 Å². The van der Waals surface area contributed by atoms with Crippen LogP contribution in [-0.2, 0) is 4.74 Å². The maximum Gasteiger partial charge on any atom is 0.338 e. The highest BCUT2D eigenvalue weighted by atomic mass is 16.5. The van der Waals surface area contributed by atoms with Gasteiger partial charge in [0.1, 0.15) is 17.3 Å². The number of rotatable bonds is 9. The van der Waals surface area contributed by atoms with E-state index in [4.69, 9.17) is 13.9 Å². The Labute approximate surface area is 180 Å². The number of hydrazone groups is 1. The SMILES string of the molecule is CCCCOC(=O)c1ccc(-c2ccc(/C=N\NC(=O)c3ccc(OC)cc3)o2)cc1. The predicted octanol–water partition coefficient (Wildman–Crippen LogP) is 4.68. The molecule has 0 fully saturated rings. The zero-order valence-electron chi connectivity index (χ0n) is 17.5. The first-order chi connectivity index (χ1) is 15.1. The van der Waals surface area contributed by atoms with Crippen LogP contribution in [0.5, 0.6) is 5.75 Å². The van der Waals surface area contributed by atoms with Gasteiger partial charge in [0.05, 0.1) is 25.5 Å². The Morgan fingerprint density at radius 3 is 2.39 bits per heavy atom. The molecule has 1 amide bonds. The number of nitrogens with one attached hydrogen (secondary N) is 1. The van der Waals surface area contributed by atoms with E-state index in [9.17, 15) is 9.59 Å². The third-order valence-electron chi connectivity index (χ3n) is 4.47. The molecule has 1 N–H and O–H groups in total. The largest absolute Gasteiger partial charge is 0.497 e. The molecule has 3 rings (SSSR count). The fraction of sp³-hybridized carbons (Fsp3) is 0.208. The van der Waals surface area contributed by atoms with Crippen molar-refractivity contribution in [3.63, 3.8) is 0 Å². The van der Waals surface area contributed by atoms with Crippen molar-refractivity contribution in [3.8, 4) is 17.1 Å². The van der Waals surface area contributed by atoms with Crippen molar-refractivity contribution in [3.05, 3.63) is 77.6 Å². The van der Waals surface area contributed by atoms with Gasteiger partial charge in [-0.25, -0.2) is 10.2 Å². The van der Waals surface area contributed by atoms with Gasteiger partial charge in [-0.2, -0.15) is 5.10 Å². The number of ether oxygens (including phenoxy) is 2.